The summed E-state index contributed by atoms with van der Waals surface area (Å²) in [5.74, 6) is 0. The molecule has 0 spiro atoms. The molecule has 2 saturated heterocycles. The van der Waals surface area contributed by atoms with Crippen LogP contribution in [0.15, 0.2) is 24.3 Å². The summed E-state index contributed by atoms with van der Waals surface area (Å²) in [6.07, 6.45) is 3.64. The van der Waals surface area contributed by atoms with Crippen LogP contribution in [0.1, 0.15) is 18.4 Å². The van der Waals surface area contributed by atoms with E-state index in [2.05, 4.69) is 22.3 Å². The monoisotopic (exact) mass is 338 g/mol. The van der Waals surface area contributed by atoms with Gasteiger partial charge in [0.2, 0.25) is 0 Å². The molecule has 1 aromatic rings. The van der Waals surface area contributed by atoms with Crippen LogP contribution in [0.4, 0.5) is 0 Å². The molecule has 0 aliphatic carbocycles. The second-order valence-electron chi connectivity index (χ2n) is 6.57. The summed E-state index contributed by atoms with van der Waals surface area (Å²) in [6, 6.07) is 9.30. The number of morpholine rings is 1. The summed E-state index contributed by atoms with van der Waals surface area (Å²) in [5.41, 5.74) is 1.33. The van der Waals surface area contributed by atoms with Crippen molar-refractivity contribution in [1.82, 2.24) is 10.2 Å². The van der Waals surface area contributed by atoms with E-state index in [0.717, 1.165) is 37.7 Å². The topological polar surface area (TPSA) is 33.7 Å². The van der Waals surface area contributed by atoms with Gasteiger partial charge in [0, 0.05) is 30.8 Å². The molecule has 4 nitrogen and oxygen atoms in total. The van der Waals surface area contributed by atoms with Gasteiger partial charge in [0.25, 0.3) is 0 Å². The number of methoxy groups -OCH3 is 1. The standard InChI is InChI=1S/C18H27ClN2O2/c1-22-13-18-11-21(16-6-8-20-9-7-16)17(12-23-18)10-14-2-4-15(19)5-3-14/h2-5,16-18,20H,6-13H2,1H3/t17-,18+/m0/s1. The summed E-state index contributed by atoms with van der Waals surface area (Å²) >= 11 is 6.00. The van der Waals surface area contributed by atoms with Crippen molar-refractivity contribution < 1.29 is 9.47 Å². The van der Waals surface area contributed by atoms with Gasteiger partial charge in [-0.2, -0.15) is 0 Å². The Hall–Kier alpha value is -0.650. The molecular formula is C18H27ClN2O2. The predicted molar refractivity (Wildman–Crippen MR) is 93.2 cm³/mol. The number of ether oxygens (including phenoxy) is 2. The van der Waals surface area contributed by atoms with Gasteiger partial charge >= 0.3 is 0 Å². The normalized spacial score (nSPS) is 27.2. The summed E-state index contributed by atoms with van der Waals surface area (Å²) < 4.78 is 11.3. The van der Waals surface area contributed by atoms with E-state index < -0.39 is 0 Å². The highest BCUT2D eigenvalue weighted by atomic mass is 35.5. The molecular weight excluding hydrogens is 312 g/mol. The number of hydrogen-bond acceptors (Lipinski definition) is 4. The van der Waals surface area contributed by atoms with E-state index in [1.165, 1.54) is 18.4 Å². The van der Waals surface area contributed by atoms with E-state index in [1.54, 1.807) is 7.11 Å². The van der Waals surface area contributed by atoms with Gasteiger partial charge in [-0.1, -0.05) is 23.7 Å². The minimum absolute atomic E-state index is 0.191. The van der Waals surface area contributed by atoms with E-state index in [-0.39, 0.29) is 6.10 Å². The number of nitrogens with zero attached hydrogens (tertiary/aromatic N) is 1. The molecule has 0 unspecified atom stereocenters. The van der Waals surface area contributed by atoms with Crippen LogP contribution in [-0.2, 0) is 15.9 Å². The van der Waals surface area contributed by atoms with Gasteiger partial charge in [-0.3, -0.25) is 4.90 Å². The highest BCUT2D eigenvalue weighted by Gasteiger charge is 2.34. The van der Waals surface area contributed by atoms with Crippen LogP contribution in [0, 0.1) is 0 Å². The lowest BCUT2D eigenvalue weighted by Gasteiger charge is -2.45. The Morgan fingerprint density at radius 3 is 2.70 bits per heavy atom. The minimum Gasteiger partial charge on any atom is -0.382 e. The molecule has 0 aromatic heterocycles. The van der Waals surface area contributed by atoms with Crippen LogP contribution >= 0.6 is 11.6 Å². The zero-order valence-corrected chi connectivity index (χ0v) is 14.6. The third-order valence-electron chi connectivity index (χ3n) is 4.92. The van der Waals surface area contributed by atoms with Crippen LogP contribution in [0.3, 0.4) is 0 Å². The van der Waals surface area contributed by atoms with E-state index in [1.807, 2.05) is 12.1 Å². The maximum atomic E-state index is 6.04. The SMILES string of the molecule is COC[C@H]1CN(C2CCNCC2)[C@@H](Cc2ccc(Cl)cc2)CO1. The lowest BCUT2D eigenvalue weighted by molar-refractivity contribution is -0.103. The van der Waals surface area contributed by atoms with Crippen molar-refractivity contribution in [2.24, 2.45) is 0 Å². The van der Waals surface area contributed by atoms with Crippen LogP contribution in [0.2, 0.25) is 5.02 Å². The molecule has 5 heteroatoms. The van der Waals surface area contributed by atoms with Gasteiger partial charge < -0.3 is 14.8 Å². The third-order valence-corrected chi connectivity index (χ3v) is 5.17. The Kier molecular flexibility index (Phi) is 6.31. The van der Waals surface area contributed by atoms with Crippen molar-refractivity contribution in [3.05, 3.63) is 34.9 Å². The van der Waals surface area contributed by atoms with Gasteiger partial charge in [-0.25, -0.2) is 0 Å². The first-order chi connectivity index (χ1) is 11.3. The van der Waals surface area contributed by atoms with Crippen LogP contribution in [-0.4, -0.2) is 63.0 Å². The summed E-state index contributed by atoms with van der Waals surface area (Å²) in [4.78, 5) is 2.67. The average molecular weight is 339 g/mol. The van der Waals surface area contributed by atoms with E-state index in [0.29, 0.717) is 18.7 Å². The molecule has 0 radical (unpaired) electrons. The fourth-order valence-corrected chi connectivity index (χ4v) is 3.85. The van der Waals surface area contributed by atoms with E-state index in [9.17, 15) is 0 Å². The van der Waals surface area contributed by atoms with Crippen molar-refractivity contribution in [3.8, 4) is 0 Å². The smallest absolute Gasteiger partial charge is 0.0935 e. The highest BCUT2D eigenvalue weighted by molar-refractivity contribution is 6.30. The first kappa shape index (κ1) is 17.2. The molecule has 2 aliphatic heterocycles. The van der Waals surface area contributed by atoms with Gasteiger partial charge in [0.15, 0.2) is 0 Å². The fraction of sp³-hybridized carbons (Fsp3) is 0.667. The molecule has 2 fully saturated rings. The first-order valence-corrected chi connectivity index (χ1v) is 8.95. The Morgan fingerprint density at radius 1 is 1.26 bits per heavy atom. The van der Waals surface area contributed by atoms with Crippen molar-refractivity contribution in [2.75, 3.05) is 40.0 Å². The Morgan fingerprint density at radius 2 is 2.00 bits per heavy atom. The van der Waals surface area contributed by atoms with Crippen molar-refractivity contribution >= 4 is 11.6 Å². The molecule has 0 bridgehead atoms. The van der Waals surface area contributed by atoms with Crippen LogP contribution in [0.5, 0.6) is 0 Å². The minimum atomic E-state index is 0.191. The molecule has 1 N–H and O–H groups in total. The lowest BCUT2D eigenvalue weighted by atomic mass is 9.97. The zero-order chi connectivity index (χ0) is 16.1. The van der Waals surface area contributed by atoms with Crippen LogP contribution in [0.25, 0.3) is 0 Å². The molecule has 1 aromatic carbocycles. The highest BCUT2D eigenvalue weighted by Crippen LogP contribution is 2.24. The summed E-state index contributed by atoms with van der Waals surface area (Å²) in [7, 11) is 1.75. The molecule has 0 saturated carbocycles. The third kappa shape index (κ3) is 4.68. The number of nitrogens with one attached hydrogen (secondary N) is 1. The van der Waals surface area contributed by atoms with Crippen molar-refractivity contribution in [2.45, 2.75) is 37.5 Å². The second-order valence-corrected chi connectivity index (χ2v) is 7.01. The Labute approximate surface area is 144 Å². The second kappa shape index (κ2) is 8.45. The number of piperidine rings is 1. The number of benzene rings is 1. The molecule has 128 valence electrons. The van der Waals surface area contributed by atoms with Gasteiger partial charge in [-0.15, -0.1) is 0 Å². The zero-order valence-electron chi connectivity index (χ0n) is 13.8. The number of hydrogen-bond donors (Lipinski definition) is 1. The molecule has 2 heterocycles. The van der Waals surface area contributed by atoms with Gasteiger partial charge in [0.05, 0.1) is 19.3 Å². The number of rotatable bonds is 5. The summed E-state index contributed by atoms with van der Waals surface area (Å²) in [5, 5.41) is 4.26. The van der Waals surface area contributed by atoms with Gasteiger partial charge in [0.1, 0.15) is 0 Å². The van der Waals surface area contributed by atoms with Crippen molar-refractivity contribution in [3.63, 3.8) is 0 Å². The van der Waals surface area contributed by atoms with E-state index in [4.69, 9.17) is 21.1 Å². The molecule has 2 aliphatic rings. The molecule has 2 atom stereocenters. The molecule has 0 amide bonds. The maximum Gasteiger partial charge on any atom is 0.0935 e. The quantitative estimate of drug-likeness (QED) is 0.893. The molecule has 3 rings (SSSR count). The largest absolute Gasteiger partial charge is 0.382 e. The summed E-state index contributed by atoms with van der Waals surface area (Å²) in [6.45, 7) is 4.65. The Bertz CT molecular complexity index is 476. The van der Waals surface area contributed by atoms with Crippen molar-refractivity contribution in [1.29, 1.82) is 0 Å². The predicted octanol–water partition coefficient (Wildman–Crippen LogP) is 2.35. The van der Waals surface area contributed by atoms with Crippen LogP contribution < -0.4 is 5.32 Å². The average Bonchev–Trinajstić information content (AvgIpc) is 2.59. The molecule has 23 heavy (non-hydrogen) atoms. The maximum absolute atomic E-state index is 6.04. The Balaban J connectivity index is 1.68. The fourth-order valence-electron chi connectivity index (χ4n) is 3.72. The lowest BCUT2D eigenvalue weighted by Crippen LogP contribution is -2.57. The van der Waals surface area contributed by atoms with Gasteiger partial charge in [-0.05, 0) is 50.0 Å². The first-order valence-electron chi connectivity index (χ1n) is 8.57. The number of halogens is 1. The van der Waals surface area contributed by atoms with E-state index >= 15 is 0 Å².